The number of fused-ring (bicyclic) bond motifs is 1. The summed E-state index contributed by atoms with van der Waals surface area (Å²) in [6.07, 6.45) is 1.12. The molecule has 0 aromatic heterocycles. The van der Waals surface area contributed by atoms with Crippen molar-refractivity contribution in [3.8, 4) is 0 Å². The maximum absolute atomic E-state index is 12.4. The summed E-state index contributed by atoms with van der Waals surface area (Å²) in [6, 6.07) is 5.51. The van der Waals surface area contributed by atoms with E-state index in [0.29, 0.717) is 19.6 Å². The van der Waals surface area contributed by atoms with Crippen molar-refractivity contribution >= 4 is 17.5 Å². The number of amides is 2. The average molecular weight is 317 g/mol. The third-order valence-electron chi connectivity index (χ3n) is 4.48. The minimum absolute atomic E-state index is 0.0456. The molecule has 3 atom stereocenters. The number of benzene rings is 1. The Morgan fingerprint density at radius 3 is 3.00 bits per heavy atom. The highest BCUT2D eigenvalue weighted by atomic mass is 16.5. The summed E-state index contributed by atoms with van der Waals surface area (Å²) in [5, 5.41) is 9.11. The van der Waals surface area contributed by atoms with Gasteiger partial charge in [0.2, 0.25) is 11.8 Å². The van der Waals surface area contributed by atoms with Gasteiger partial charge in [-0.25, -0.2) is 0 Å². The van der Waals surface area contributed by atoms with Crippen LogP contribution in [0.2, 0.25) is 0 Å². The molecule has 2 aliphatic heterocycles. The van der Waals surface area contributed by atoms with Crippen molar-refractivity contribution < 1.29 is 14.3 Å². The van der Waals surface area contributed by atoms with E-state index in [1.54, 1.807) is 0 Å². The molecule has 1 fully saturated rings. The molecule has 124 valence electrons. The first kappa shape index (κ1) is 16.0. The molecule has 1 aromatic carbocycles. The lowest BCUT2D eigenvalue weighted by Gasteiger charge is -2.30. The largest absolute Gasteiger partial charge is 0.375 e. The number of nitrogens with one attached hydrogen (secondary N) is 3. The first-order chi connectivity index (χ1) is 11.0. The van der Waals surface area contributed by atoms with Crippen LogP contribution in [-0.2, 0) is 20.7 Å². The molecular weight excluding hydrogens is 294 g/mol. The molecule has 0 bridgehead atoms. The van der Waals surface area contributed by atoms with Crippen LogP contribution >= 0.6 is 0 Å². The zero-order valence-electron chi connectivity index (χ0n) is 13.5. The van der Waals surface area contributed by atoms with Crippen molar-refractivity contribution in [1.82, 2.24) is 10.6 Å². The van der Waals surface area contributed by atoms with Gasteiger partial charge in [0.1, 0.15) is 6.04 Å². The third kappa shape index (κ3) is 3.54. The van der Waals surface area contributed by atoms with Crippen molar-refractivity contribution in [3.05, 3.63) is 29.3 Å². The summed E-state index contributed by atoms with van der Waals surface area (Å²) >= 11 is 0. The van der Waals surface area contributed by atoms with E-state index in [9.17, 15) is 9.59 Å². The van der Waals surface area contributed by atoms with Crippen LogP contribution < -0.4 is 16.0 Å². The SMILES string of the molecule is CC(NC(=O)[C@H]1NCCO[C@@H]1C)c1ccc2c(c1)CCC(=O)N2. The minimum Gasteiger partial charge on any atom is -0.375 e. The van der Waals surface area contributed by atoms with Crippen molar-refractivity contribution in [1.29, 1.82) is 0 Å². The minimum atomic E-state index is -0.317. The molecule has 1 unspecified atom stereocenters. The molecule has 0 saturated carbocycles. The number of hydrogen-bond donors (Lipinski definition) is 3. The molecule has 6 heteroatoms. The van der Waals surface area contributed by atoms with Crippen LogP contribution in [0.15, 0.2) is 18.2 Å². The monoisotopic (exact) mass is 317 g/mol. The van der Waals surface area contributed by atoms with Crippen LogP contribution in [0.3, 0.4) is 0 Å². The standard InChI is InChI=1S/C17H23N3O3/c1-10(19-17(22)16-11(2)23-8-7-18-16)12-3-5-14-13(9-12)4-6-15(21)20-14/h3,5,9-11,16,18H,4,6-8H2,1-2H3,(H,19,22)(H,20,21)/t10?,11-,16+/m1/s1. The predicted molar refractivity (Wildman–Crippen MR) is 87.2 cm³/mol. The smallest absolute Gasteiger partial charge is 0.240 e. The Kier molecular flexibility index (Phi) is 4.63. The van der Waals surface area contributed by atoms with E-state index < -0.39 is 0 Å². The van der Waals surface area contributed by atoms with E-state index in [1.807, 2.05) is 26.0 Å². The average Bonchev–Trinajstić information content (AvgIpc) is 2.54. The molecule has 0 aliphatic carbocycles. The fourth-order valence-corrected chi connectivity index (χ4v) is 3.09. The molecule has 3 rings (SSSR count). The van der Waals surface area contributed by atoms with Crippen molar-refractivity contribution in [2.45, 2.75) is 44.9 Å². The summed E-state index contributed by atoms with van der Waals surface area (Å²) in [4.78, 5) is 23.8. The number of aryl methyl sites for hydroxylation is 1. The molecule has 2 amide bonds. The van der Waals surface area contributed by atoms with E-state index in [1.165, 1.54) is 0 Å². The first-order valence-corrected chi connectivity index (χ1v) is 8.12. The van der Waals surface area contributed by atoms with Gasteiger partial charge in [0, 0.05) is 18.7 Å². The van der Waals surface area contributed by atoms with Gasteiger partial charge >= 0.3 is 0 Å². The number of morpholine rings is 1. The van der Waals surface area contributed by atoms with Gasteiger partial charge in [0.15, 0.2) is 0 Å². The fraction of sp³-hybridized carbons (Fsp3) is 0.529. The van der Waals surface area contributed by atoms with Gasteiger partial charge in [-0.2, -0.15) is 0 Å². The normalized spacial score (nSPS) is 25.2. The van der Waals surface area contributed by atoms with E-state index in [0.717, 1.165) is 23.2 Å². The summed E-state index contributed by atoms with van der Waals surface area (Å²) in [5.41, 5.74) is 3.04. The second-order valence-electron chi connectivity index (χ2n) is 6.20. The van der Waals surface area contributed by atoms with E-state index in [-0.39, 0.29) is 30.0 Å². The Labute approximate surface area is 136 Å². The summed E-state index contributed by atoms with van der Waals surface area (Å²) in [7, 11) is 0. The topological polar surface area (TPSA) is 79.5 Å². The third-order valence-corrected chi connectivity index (χ3v) is 4.48. The zero-order valence-corrected chi connectivity index (χ0v) is 13.5. The molecule has 2 aliphatic rings. The number of anilines is 1. The molecule has 2 heterocycles. The van der Waals surface area contributed by atoms with E-state index >= 15 is 0 Å². The molecule has 1 aromatic rings. The number of rotatable bonds is 3. The second kappa shape index (κ2) is 6.68. The van der Waals surface area contributed by atoms with Gasteiger partial charge in [-0.15, -0.1) is 0 Å². The van der Waals surface area contributed by atoms with Crippen molar-refractivity contribution in [2.75, 3.05) is 18.5 Å². The lowest BCUT2D eigenvalue weighted by molar-refractivity contribution is -0.129. The van der Waals surface area contributed by atoms with Crippen molar-refractivity contribution in [3.63, 3.8) is 0 Å². The van der Waals surface area contributed by atoms with Gasteiger partial charge < -0.3 is 20.7 Å². The second-order valence-corrected chi connectivity index (χ2v) is 6.20. The molecule has 6 nitrogen and oxygen atoms in total. The summed E-state index contributed by atoms with van der Waals surface area (Å²) in [5.74, 6) is 0.0136. The van der Waals surface area contributed by atoms with Crippen LogP contribution in [0.4, 0.5) is 5.69 Å². The highest BCUT2D eigenvalue weighted by Gasteiger charge is 2.29. The lowest BCUT2D eigenvalue weighted by Crippen LogP contribution is -2.55. The molecule has 1 saturated heterocycles. The Hall–Kier alpha value is -1.92. The van der Waals surface area contributed by atoms with Crippen LogP contribution in [-0.4, -0.2) is 37.1 Å². The van der Waals surface area contributed by atoms with E-state index in [4.69, 9.17) is 4.74 Å². The maximum atomic E-state index is 12.4. The Bertz CT molecular complexity index is 617. The molecule has 3 N–H and O–H groups in total. The van der Waals surface area contributed by atoms with Crippen LogP contribution in [0.5, 0.6) is 0 Å². The number of carbonyl (C=O) groups is 2. The Morgan fingerprint density at radius 1 is 1.39 bits per heavy atom. The van der Waals surface area contributed by atoms with Gasteiger partial charge in [0.05, 0.1) is 18.8 Å². The Balaban J connectivity index is 1.67. The fourth-order valence-electron chi connectivity index (χ4n) is 3.09. The highest BCUT2D eigenvalue weighted by molar-refractivity contribution is 5.93. The lowest BCUT2D eigenvalue weighted by atomic mass is 9.97. The quantitative estimate of drug-likeness (QED) is 0.781. The predicted octanol–water partition coefficient (Wildman–Crippen LogP) is 1.13. The molecule has 23 heavy (non-hydrogen) atoms. The van der Waals surface area contributed by atoms with Crippen molar-refractivity contribution in [2.24, 2.45) is 0 Å². The number of ether oxygens (including phenoxy) is 1. The molecular formula is C17H23N3O3. The summed E-state index contributed by atoms with van der Waals surface area (Å²) < 4.78 is 5.52. The molecule has 0 radical (unpaired) electrons. The summed E-state index contributed by atoms with van der Waals surface area (Å²) in [6.45, 7) is 5.20. The van der Waals surface area contributed by atoms with Crippen LogP contribution in [0.1, 0.15) is 37.4 Å². The Morgan fingerprint density at radius 2 is 2.22 bits per heavy atom. The van der Waals surface area contributed by atoms with Crippen LogP contribution in [0.25, 0.3) is 0 Å². The number of carbonyl (C=O) groups excluding carboxylic acids is 2. The first-order valence-electron chi connectivity index (χ1n) is 8.12. The molecule has 0 spiro atoms. The van der Waals surface area contributed by atoms with Gasteiger partial charge in [-0.3, -0.25) is 9.59 Å². The van der Waals surface area contributed by atoms with Gasteiger partial charge in [-0.1, -0.05) is 12.1 Å². The van der Waals surface area contributed by atoms with E-state index in [2.05, 4.69) is 22.0 Å². The maximum Gasteiger partial charge on any atom is 0.240 e. The highest BCUT2D eigenvalue weighted by Crippen LogP contribution is 2.26. The van der Waals surface area contributed by atoms with Gasteiger partial charge in [-0.05, 0) is 37.5 Å². The van der Waals surface area contributed by atoms with Crippen LogP contribution in [0, 0.1) is 0 Å². The van der Waals surface area contributed by atoms with Gasteiger partial charge in [0.25, 0.3) is 0 Å². The number of hydrogen-bond acceptors (Lipinski definition) is 4. The zero-order chi connectivity index (χ0) is 16.4.